The van der Waals surface area contributed by atoms with Gasteiger partial charge in [0.1, 0.15) is 0 Å². The molecular weight excluding hydrogens is 320 g/mol. The Kier molecular flexibility index (Phi) is 8.76. The molecule has 0 N–H and O–H groups in total. The van der Waals surface area contributed by atoms with Gasteiger partial charge in [-0.05, 0) is 82.2 Å². The molecule has 0 aliphatic carbocycles. The van der Waals surface area contributed by atoms with Gasteiger partial charge in [-0.2, -0.15) is 0 Å². The van der Waals surface area contributed by atoms with Crippen molar-refractivity contribution in [2.45, 2.75) is 54.4 Å². The summed E-state index contributed by atoms with van der Waals surface area (Å²) in [4.78, 5) is 2.43. The highest BCUT2D eigenvalue weighted by Gasteiger charge is 2.15. The molecule has 0 spiro atoms. The summed E-state index contributed by atoms with van der Waals surface area (Å²) in [6, 6.07) is 0. The van der Waals surface area contributed by atoms with E-state index >= 15 is 0 Å². The van der Waals surface area contributed by atoms with Crippen molar-refractivity contribution >= 4 is 23.1 Å². The van der Waals surface area contributed by atoms with Gasteiger partial charge in [-0.1, -0.05) is 20.6 Å². The van der Waals surface area contributed by atoms with Crippen LogP contribution in [-0.4, -0.2) is 20.2 Å². The second-order valence-corrected chi connectivity index (χ2v) is 7.71. The molecule has 0 heterocycles. The SMILES string of the molecule is C/C(=C\COPP)CCCN(C)c1c(C)c(C)c(C)c(C)c1C. The van der Waals surface area contributed by atoms with Gasteiger partial charge in [0.05, 0.1) is 6.61 Å². The van der Waals surface area contributed by atoms with Gasteiger partial charge in [0, 0.05) is 27.8 Å². The van der Waals surface area contributed by atoms with E-state index in [1.165, 1.54) is 45.5 Å². The summed E-state index contributed by atoms with van der Waals surface area (Å²) in [5, 5.41) is 0. The summed E-state index contributed by atoms with van der Waals surface area (Å²) in [7, 11) is 5.33. The van der Waals surface area contributed by atoms with E-state index < -0.39 is 0 Å². The first-order chi connectivity index (χ1) is 10.8. The smallest absolute Gasteiger partial charge is 0.0693 e. The van der Waals surface area contributed by atoms with Gasteiger partial charge in [-0.25, -0.2) is 0 Å². The van der Waals surface area contributed by atoms with E-state index in [9.17, 15) is 0 Å². The maximum absolute atomic E-state index is 5.37. The number of anilines is 1. The molecule has 0 saturated carbocycles. The highest BCUT2D eigenvalue weighted by atomic mass is 32.0. The van der Waals surface area contributed by atoms with Gasteiger partial charge in [-0.3, -0.25) is 0 Å². The Labute approximate surface area is 147 Å². The molecule has 1 aromatic rings. The fraction of sp³-hybridized carbons (Fsp3) is 0.579. The standard InChI is InChI=1S/C19H33NOP2/c1-13(10-12-21-23-22)9-8-11-20(7)19-17(5)15(3)14(2)16(4)18(19)6/h10,23H,8-9,11-12,22H2,1-7H3/b13-10+. The summed E-state index contributed by atoms with van der Waals surface area (Å²) < 4.78 is 5.37. The van der Waals surface area contributed by atoms with E-state index in [0.29, 0.717) is 8.50 Å². The average Bonchev–Trinajstić information content (AvgIpc) is 2.51. The zero-order chi connectivity index (χ0) is 17.6. The van der Waals surface area contributed by atoms with Gasteiger partial charge in [0.15, 0.2) is 0 Å². The van der Waals surface area contributed by atoms with Crippen molar-refractivity contribution in [2.24, 2.45) is 0 Å². The zero-order valence-electron chi connectivity index (χ0n) is 15.8. The molecule has 0 amide bonds. The molecule has 4 heteroatoms. The Balaban J connectivity index is 2.73. The summed E-state index contributed by atoms with van der Waals surface area (Å²) >= 11 is 0. The minimum atomic E-state index is 0.494. The minimum absolute atomic E-state index is 0.494. The zero-order valence-corrected chi connectivity index (χ0v) is 18.0. The van der Waals surface area contributed by atoms with Gasteiger partial charge in [-0.15, -0.1) is 0 Å². The van der Waals surface area contributed by atoms with Crippen molar-refractivity contribution in [3.8, 4) is 0 Å². The van der Waals surface area contributed by atoms with Crippen molar-refractivity contribution in [3.05, 3.63) is 39.5 Å². The molecule has 0 saturated heterocycles. The van der Waals surface area contributed by atoms with E-state index in [-0.39, 0.29) is 0 Å². The summed E-state index contributed by atoms with van der Waals surface area (Å²) in [6.07, 6.45) is 4.51. The number of hydrogen-bond donors (Lipinski definition) is 0. The monoisotopic (exact) mass is 353 g/mol. The summed E-state index contributed by atoms with van der Waals surface area (Å²) in [5.74, 6) is 0. The molecule has 1 aromatic carbocycles. The first-order valence-electron chi connectivity index (χ1n) is 8.32. The first-order valence-corrected chi connectivity index (χ1v) is 11.0. The van der Waals surface area contributed by atoms with Crippen LogP contribution in [0.5, 0.6) is 0 Å². The molecule has 0 aliphatic heterocycles. The summed E-state index contributed by atoms with van der Waals surface area (Å²) in [5.41, 5.74) is 9.99. The van der Waals surface area contributed by atoms with E-state index in [0.717, 1.165) is 19.6 Å². The lowest BCUT2D eigenvalue weighted by Gasteiger charge is -2.27. The third-order valence-electron chi connectivity index (χ3n) is 5.01. The lowest BCUT2D eigenvalue weighted by Crippen LogP contribution is -2.22. The van der Waals surface area contributed by atoms with Gasteiger partial charge in [0.2, 0.25) is 0 Å². The third kappa shape index (κ3) is 5.56. The molecule has 23 heavy (non-hydrogen) atoms. The predicted molar refractivity (Wildman–Crippen MR) is 110 cm³/mol. The molecule has 0 bridgehead atoms. The maximum atomic E-state index is 5.37. The maximum Gasteiger partial charge on any atom is 0.0693 e. The quantitative estimate of drug-likeness (QED) is 0.333. The topological polar surface area (TPSA) is 12.5 Å². The van der Waals surface area contributed by atoms with Crippen LogP contribution in [-0.2, 0) is 4.52 Å². The van der Waals surface area contributed by atoms with Crippen LogP contribution >= 0.6 is 17.4 Å². The molecule has 0 aliphatic rings. The Morgan fingerprint density at radius 1 is 1.04 bits per heavy atom. The molecule has 2 unspecified atom stereocenters. The van der Waals surface area contributed by atoms with E-state index in [1.807, 2.05) is 0 Å². The highest BCUT2D eigenvalue weighted by molar-refractivity contribution is 8.00. The lowest BCUT2D eigenvalue weighted by atomic mass is 9.92. The first kappa shape index (κ1) is 20.6. The number of hydrogen-bond acceptors (Lipinski definition) is 2. The minimum Gasteiger partial charge on any atom is -0.374 e. The van der Waals surface area contributed by atoms with Crippen LogP contribution in [0.1, 0.15) is 47.6 Å². The van der Waals surface area contributed by atoms with Crippen molar-refractivity contribution < 1.29 is 4.52 Å². The lowest BCUT2D eigenvalue weighted by molar-refractivity contribution is 0.422. The van der Waals surface area contributed by atoms with Crippen molar-refractivity contribution in [1.82, 2.24) is 0 Å². The average molecular weight is 353 g/mol. The summed E-state index contributed by atoms with van der Waals surface area (Å²) in [6.45, 7) is 15.3. The Bertz CT molecular complexity index is 538. The highest BCUT2D eigenvalue weighted by Crippen LogP contribution is 2.32. The number of benzene rings is 1. The van der Waals surface area contributed by atoms with E-state index in [4.69, 9.17) is 4.52 Å². The van der Waals surface area contributed by atoms with Crippen LogP contribution in [0.3, 0.4) is 0 Å². The van der Waals surface area contributed by atoms with Crippen molar-refractivity contribution in [1.29, 1.82) is 0 Å². The second-order valence-electron chi connectivity index (χ2n) is 6.48. The van der Waals surface area contributed by atoms with Crippen molar-refractivity contribution in [3.63, 3.8) is 0 Å². The van der Waals surface area contributed by atoms with Crippen molar-refractivity contribution in [2.75, 3.05) is 25.1 Å². The van der Waals surface area contributed by atoms with Crippen LogP contribution < -0.4 is 4.90 Å². The third-order valence-corrected chi connectivity index (χ3v) is 5.84. The van der Waals surface area contributed by atoms with Crippen LogP contribution in [0.2, 0.25) is 0 Å². The van der Waals surface area contributed by atoms with Gasteiger partial charge < -0.3 is 9.42 Å². The number of rotatable bonds is 8. The van der Waals surface area contributed by atoms with Gasteiger partial charge >= 0.3 is 0 Å². The molecule has 1 rings (SSSR count). The molecule has 0 fully saturated rings. The van der Waals surface area contributed by atoms with Crippen LogP contribution in [0, 0.1) is 34.6 Å². The molecule has 2 atom stereocenters. The molecule has 0 aromatic heterocycles. The van der Waals surface area contributed by atoms with E-state index in [2.05, 4.69) is 68.5 Å². The Hall–Kier alpha value is -0.420. The normalized spacial score (nSPS) is 12.4. The van der Waals surface area contributed by atoms with Crippen LogP contribution in [0.25, 0.3) is 0 Å². The molecule has 2 nitrogen and oxygen atoms in total. The fourth-order valence-electron chi connectivity index (χ4n) is 3.09. The van der Waals surface area contributed by atoms with E-state index in [1.54, 1.807) is 0 Å². The molecule has 130 valence electrons. The largest absolute Gasteiger partial charge is 0.374 e. The predicted octanol–water partition coefficient (Wildman–Crippen LogP) is 5.79. The van der Waals surface area contributed by atoms with Crippen LogP contribution in [0.4, 0.5) is 5.69 Å². The second kappa shape index (κ2) is 9.77. The van der Waals surface area contributed by atoms with Gasteiger partial charge in [0.25, 0.3) is 0 Å². The number of nitrogens with zero attached hydrogens (tertiary/aromatic N) is 1. The Morgan fingerprint density at radius 3 is 2.09 bits per heavy atom. The fourth-order valence-corrected chi connectivity index (χ4v) is 3.56. The molecular formula is C19H33NOP2. The number of allylic oxidation sites excluding steroid dienone is 1. The van der Waals surface area contributed by atoms with Crippen LogP contribution in [0.15, 0.2) is 11.6 Å². The Morgan fingerprint density at radius 2 is 1.57 bits per heavy atom. The molecule has 0 radical (unpaired) electrons.